The molecule has 0 bridgehead atoms. The van der Waals surface area contributed by atoms with Gasteiger partial charge in [-0.15, -0.1) is 0 Å². The van der Waals surface area contributed by atoms with Crippen molar-refractivity contribution in [2.24, 2.45) is 0 Å². The van der Waals surface area contributed by atoms with Gasteiger partial charge in [-0.2, -0.15) is 0 Å². The van der Waals surface area contributed by atoms with Crippen molar-refractivity contribution in [2.45, 2.75) is 11.8 Å². The molecule has 0 spiro atoms. The normalized spacial score (nSPS) is 11.5. The fourth-order valence-corrected chi connectivity index (χ4v) is 2.65. The van der Waals surface area contributed by atoms with Crippen LogP contribution in [0.25, 0.3) is 0 Å². The Morgan fingerprint density at radius 2 is 1.40 bits per heavy atom. The zero-order valence-electron chi connectivity index (χ0n) is 11.1. The molecule has 0 radical (unpaired) electrons. The van der Waals surface area contributed by atoms with E-state index in [1.165, 1.54) is 0 Å². The van der Waals surface area contributed by atoms with Crippen molar-refractivity contribution in [1.82, 2.24) is 5.16 Å². The molecule has 0 fully saturated rings. The van der Waals surface area contributed by atoms with Gasteiger partial charge in [0, 0.05) is 6.07 Å². The fourth-order valence-electron chi connectivity index (χ4n) is 2.31. The van der Waals surface area contributed by atoms with E-state index in [4.69, 9.17) is 16.1 Å². The second-order valence-electron chi connectivity index (χ2n) is 4.72. The molecular formula is C17H14ClNO. The molecule has 0 saturated carbocycles. The highest BCUT2D eigenvalue weighted by molar-refractivity contribution is 6.27. The molecule has 3 heteroatoms. The summed E-state index contributed by atoms with van der Waals surface area (Å²) in [5, 5.41) is 3.97. The summed E-state index contributed by atoms with van der Waals surface area (Å²) in [6.45, 7) is 1.89. The standard InChI is InChI=1S/C17H14ClNO/c1-13-12-16(20-19-13)17(18,14-8-4-2-5-9-14)15-10-6-3-7-11-15/h2-12H,1H3. The van der Waals surface area contributed by atoms with Gasteiger partial charge < -0.3 is 4.52 Å². The summed E-state index contributed by atoms with van der Waals surface area (Å²) in [7, 11) is 0. The minimum atomic E-state index is -0.857. The summed E-state index contributed by atoms with van der Waals surface area (Å²) < 4.78 is 5.46. The molecule has 0 amide bonds. The Kier molecular flexibility index (Phi) is 3.33. The van der Waals surface area contributed by atoms with Crippen LogP contribution in [-0.2, 0) is 4.87 Å². The van der Waals surface area contributed by atoms with Crippen molar-refractivity contribution >= 4 is 11.6 Å². The summed E-state index contributed by atoms with van der Waals surface area (Å²) in [5.41, 5.74) is 2.74. The van der Waals surface area contributed by atoms with E-state index in [1.807, 2.05) is 73.7 Å². The van der Waals surface area contributed by atoms with Gasteiger partial charge in [0.25, 0.3) is 0 Å². The van der Waals surface area contributed by atoms with Crippen molar-refractivity contribution in [1.29, 1.82) is 0 Å². The molecule has 0 aliphatic rings. The lowest BCUT2D eigenvalue weighted by molar-refractivity contribution is 0.367. The second kappa shape index (κ2) is 5.14. The number of hydrogen-bond acceptors (Lipinski definition) is 2. The topological polar surface area (TPSA) is 26.0 Å². The minimum Gasteiger partial charge on any atom is -0.358 e. The lowest BCUT2D eigenvalue weighted by Crippen LogP contribution is -2.21. The zero-order valence-corrected chi connectivity index (χ0v) is 11.8. The molecule has 0 unspecified atom stereocenters. The van der Waals surface area contributed by atoms with E-state index in [0.29, 0.717) is 5.76 Å². The minimum absolute atomic E-state index is 0.633. The van der Waals surface area contributed by atoms with Crippen molar-refractivity contribution in [2.75, 3.05) is 0 Å². The Balaban J connectivity index is 2.23. The van der Waals surface area contributed by atoms with Gasteiger partial charge in [-0.3, -0.25) is 0 Å². The molecule has 2 nitrogen and oxygen atoms in total. The van der Waals surface area contributed by atoms with Gasteiger partial charge in [0.2, 0.25) is 0 Å². The van der Waals surface area contributed by atoms with E-state index >= 15 is 0 Å². The van der Waals surface area contributed by atoms with E-state index < -0.39 is 4.87 Å². The largest absolute Gasteiger partial charge is 0.358 e. The fraction of sp³-hybridized carbons (Fsp3) is 0.118. The van der Waals surface area contributed by atoms with E-state index in [2.05, 4.69) is 5.16 Å². The van der Waals surface area contributed by atoms with Gasteiger partial charge in [-0.05, 0) is 18.1 Å². The monoisotopic (exact) mass is 283 g/mol. The average molecular weight is 284 g/mol. The molecule has 0 aliphatic heterocycles. The zero-order chi connectivity index (χ0) is 14.0. The first-order valence-corrected chi connectivity index (χ1v) is 6.83. The maximum absolute atomic E-state index is 7.00. The van der Waals surface area contributed by atoms with Crippen LogP contribution in [0.3, 0.4) is 0 Å². The summed E-state index contributed by atoms with van der Waals surface area (Å²) in [6, 6.07) is 21.7. The van der Waals surface area contributed by atoms with Gasteiger partial charge in [-0.1, -0.05) is 77.4 Å². The third kappa shape index (κ3) is 2.12. The van der Waals surface area contributed by atoms with Gasteiger partial charge >= 0.3 is 0 Å². The first kappa shape index (κ1) is 12.9. The molecule has 0 saturated heterocycles. The van der Waals surface area contributed by atoms with Crippen LogP contribution in [0.1, 0.15) is 22.6 Å². The highest BCUT2D eigenvalue weighted by Gasteiger charge is 2.37. The molecule has 1 heterocycles. The second-order valence-corrected chi connectivity index (χ2v) is 5.29. The third-order valence-corrected chi connectivity index (χ3v) is 3.93. The predicted octanol–water partition coefficient (Wildman–Crippen LogP) is 4.51. The van der Waals surface area contributed by atoms with Crippen LogP contribution in [0.4, 0.5) is 0 Å². The van der Waals surface area contributed by atoms with Crippen molar-refractivity contribution in [3.8, 4) is 0 Å². The Bertz CT molecular complexity index is 652. The number of nitrogens with zero attached hydrogens (tertiary/aromatic N) is 1. The molecule has 100 valence electrons. The number of alkyl halides is 1. The Morgan fingerprint density at radius 1 is 0.900 bits per heavy atom. The molecule has 3 aromatic rings. The van der Waals surface area contributed by atoms with Crippen molar-refractivity contribution in [3.05, 3.63) is 89.3 Å². The van der Waals surface area contributed by atoms with Crippen LogP contribution in [-0.4, -0.2) is 5.16 Å². The quantitative estimate of drug-likeness (QED) is 0.661. The first-order valence-electron chi connectivity index (χ1n) is 6.45. The van der Waals surface area contributed by atoms with Crippen LogP contribution in [0.5, 0.6) is 0 Å². The number of aromatic nitrogens is 1. The molecular weight excluding hydrogens is 270 g/mol. The van der Waals surface area contributed by atoms with Crippen LogP contribution in [0.15, 0.2) is 71.3 Å². The SMILES string of the molecule is Cc1cc(C(Cl)(c2ccccc2)c2ccccc2)on1. The Labute approximate surface area is 123 Å². The van der Waals surface area contributed by atoms with Gasteiger partial charge in [0.15, 0.2) is 10.6 Å². The molecule has 20 heavy (non-hydrogen) atoms. The molecule has 0 N–H and O–H groups in total. The maximum Gasteiger partial charge on any atom is 0.166 e. The number of benzene rings is 2. The summed E-state index contributed by atoms with van der Waals surface area (Å²) in [5.74, 6) is 0.633. The van der Waals surface area contributed by atoms with Crippen molar-refractivity contribution < 1.29 is 4.52 Å². The molecule has 1 aromatic heterocycles. The van der Waals surface area contributed by atoms with Crippen molar-refractivity contribution in [3.63, 3.8) is 0 Å². The van der Waals surface area contributed by atoms with Gasteiger partial charge in [0.1, 0.15) is 0 Å². The number of aryl methyl sites for hydroxylation is 1. The lowest BCUT2D eigenvalue weighted by Gasteiger charge is -2.25. The van der Waals surface area contributed by atoms with E-state index in [9.17, 15) is 0 Å². The molecule has 0 aliphatic carbocycles. The first-order chi connectivity index (χ1) is 9.71. The van der Waals surface area contributed by atoms with E-state index in [1.54, 1.807) is 0 Å². The maximum atomic E-state index is 7.00. The smallest absolute Gasteiger partial charge is 0.166 e. The van der Waals surface area contributed by atoms with E-state index in [0.717, 1.165) is 16.8 Å². The Morgan fingerprint density at radius 3 is 1.80 bits per heavy atom. The number of rotatable bonds is 3. The summed E-state index contributed by atoms with van der Waals surface area (Å²) in [6.07, 6.45) is 0. The highest BCUT2D eigenvalue weighted by atomic mass is 35.5. The predicted molar refractivity (Wildman–Crippen MR) is 79.9 cm³/mol. The van der Waals surface area contributed by atoms with Gasteiger partial charge in [-0.25, -0.2) is 0 Å². The molecule has 2 aromatic carbocycles. The van der Waals surface area contributed by atoms with Crippen LogP contribution in [0.2, 0.25) is 0 Å². The van der Waals surface area contributed by atoms with Crippen LogP contribution >= 0.6 is 11.6 Å². The number of hydrogen-bond donors (Lipinski definition) is 0. The highest BCUT2D eigenvalue weighted by Crippen LogP contribution is 2.42. The third-order valence-electron chi connectivity index (χ3n) is 3.31. The van der Waals surface area contributed by atoms with E-state index in [-0.39, 0.29) is 0 Å². The van der Waals surface area contributed by atoms with Crippen LogP contribution < -0.4 is 0 Å². The summed E-state index contributed by atoms with van der Waals surface area (Å²) in [4.78, 5) is -0.857. The number of halogens is 1. The van der Waals surface area contributed by atoms with Crippen LogP contribution in [0, 0.1) is 6.92 Å². The Hall–Kier alpha value is -2.06. The summed E-state index contributed by atoms with van der Waals surface area (Å²) >= 11 is 7.00. The molecule has 0 atom stereocenters. The van der Waals surface area contributed by atoms with Gasteiger partial charge in [0.05, 0.1) is 5.69 Å². The molecule has 3 rings (SSSR count). The average Bonchev–Trinajstić information content (AvgIpc) is 2.95. The lowest BCUT2D eigenvalue weighted by atomic mass is 9.88.